The predicted octanol–water partition coefficient (Wildman–Crippen LogP) is 2.81. The second kappa shape index (κ2) is 8.59. The third kappa shape index (κ3) is 7.14. The smallest absolute Gasteiger partial charge is 0.304 e. The minimum atomic E-state index is -0.752. The number of aliphatic carboxylic acids is 1. The Balaban J connectivity index is 2.36. The van der Waals surface area contributed by atoms with Crippen LogP contribution in [0.3, 0.4) is 0 Å². The molecule has 0 spiro atoms. The van der Waals surface area contributed by atoms with Crippen molar-refractivity contribution in [3.05, 3.63) is 29.8 Å². The molecule has 0 saturated heterocycles. The Morgan fingerprint density at radius 2 is 1.90 bits per heavy atom. The zero-order chi connectivity index (χ0) is 15.0. The summed E-state index contributed by atoms with van der Waals surface area (Å²) in [5.41, 5.74) is 1.21. The van der Waals surface area contributed by atoms with Crippen molar-refractivity contribution in [1.29, 1.82) is 0 Å². The van der Waals surface area contributed by atoms with E-state index in [4.69, 9.17) is 9.84 Å². The van der Waals surface area contributed by atoms with E-state index in [0.717, 1.165) is 18.8 Å². The standard InChI is InChI=1S/C16H25NO3/c1-13(2)12-17(9-8-16(18)19)10-11-20-15-6-4-14(3)5-7-15/h4-7,13H,8-12H2,1-3H3,(H,18,19). The number of carboxylic acid groups (broad SMARTS) is 1. The first-order valence-corrected chi connectivity index (χ1v) is 7.11. The largest absolute Gasteiger partial charge is 0.492 e. The van der Waals surface area contributed by atoms with Gasteiger partial charge in [0.1, 0.15) is 12.4 Å². The molecule has 1 aromatic rings. The summed E-state index contributed by atoms with van der Waals surface area (Å²) < 4.78 is 5.69. The Bertz CT molecular complexity index is 401. The highest BCUT2D eigenvalue weighted by Gasteiger charge is 2.09. The summed E-state index contributed by atoms with van der Waals surface area (Å²) in [6.45, 7) is 9.10. The lowest BCUT2D eigenvalue weighted by Gasteiger charge is -2.23. The van der Waals surface area contributed by atoms with Gasteiger partial charge in [-0.1, -0.05) is 31.5 Å². The third-order valence-corrected chi connectivity index (χ3v) is 2.96. The molecule has 0 bridgehead atoms. The van der Waals surface area contributed by atoms with Crippen molar-refractivity contribution in [1.82, 2.24) is 4.90 Å². The van der Waals surface area contributed by atoms with Crippen LogP contribution in [0.4, 0.5) is 0 Å². The summed E-state index contributed by atoms with van der Waals surface area (Å²) in [6, 6.07) is 7.95. The van der Waals surface area contributed by atoms with Gasteiger partial charge >= 0.3 is 5.97 Å². The fourth-order valence-corrected chi connectivity index (χ4v) is 1.99. The molecule has 1 aromatic carbocycles. The normalized spacial score (nSPS) is 11.1. The molecule has 112 valence electrons. The molecular weight excluding hydrogens is 254 g/mol. The highest BCUT2D eigenvalue weighted by atomic mass is 16.5. The van der Waals surface area contributed by atoms with Gasteiger partial charge in [0.05, 0.1) is 6.42 Å². The summed E-state index contributed by atoms with van der Waals surface area (Å²) in [5.74, 6) is 0.625. The lowest BCUT2D eigenvalue weighted by molar-refractivity contribution is -0.137. The van der Waals surface area contributed by atoms with Crippen LogP contribution in [0.5, 0.6) is 5.75 Å². The highest BCUT2D eigenvalue weighted by Crippen LogP contribution is 2.11. The number of rotatable bonds is 9. The van der Waals surface area contributed by atoms with Crippen molar-refractivity contribution in [3.8, 4) is 5.75 Å². The van der Waals surface area contributed by atoms with Gasteiger partial charge in [-0.25, -0.2) is 0 Å². The second-order valence-corrected chi connectivity index (χ2v) is 5.50. The molecule has 4 nitrogen and oxygen atoms in total. The average Bonchev–Trinajstić information content (AvgIpc) is 2.37. The average molecular weight is 279 g/mol. The van der Waals surface area contributed by atoms with Crippen molar-refractivity contribution in [3.63, 3.8) is 0 Å². The molecule has 4 heteroatoms. The summed E-state index contributed by atoms with van der Waals surface area (Å²) in [5, 5.41) is 8.77. The first-order chi connectivity index (χ1) is 9.47. The second-order valence-electron chi connectivity index (χ2n) is 5.50. The van der Waals surface area contributed by atoms with E-state index < -0.39 is 5.97 Å². The van der Waals surface area contributed by atoms with E-state index in [1.165, 1.54) is 5.56 Å². The van der Waals surface area contributed by atoms with Crippen LogP contribution in [0.2, 0.25) is 0 Å². The lowest BCUT2D eigenvalue weighted by atomic mass is 10.2. The Kier molecular flexibility index (Phi) is 7.09. The van der Waals surface area contributed by atoms with Crippen molar-refractivity contribution in [2.45, 2.75) is 27.2 Å². The molecule has 0 fully saturated rings. The van der Waals surface area contributed by atoms with Crippen molar-refractivity contribution >= 4 is 5.97 Å². The van der Waals surface area contributed by atoms with Crippen LogP contribution >= 0.6 is 0 Å². The van der Waals surface area contributed by atoms with Gasteiger partial charge in [0, 0.05) is 19.6 Å². The minimum Gasteiger partial charge on any atom is -0.492 e. The molecule has 0 aliphatic carbocycles. The molecular formula is C16H25NO3. The zero-order valence-electron chi connectivity index (χ0n) is 12.6. The molecule has 0 radical (unpaired) electrons. The first-order valence-electron chi connectivity index (χ1n) is 7.11. The van der Waals surface area contributed by atoms with Gasteiger partial charge < -0.3 is 9.84 Å². The molecule has 1 rings (SSSR count). The Morgan fingerprint density at radius 3 is 2.45 bits per heavy atom. The highest BCUT2D eigenvalue weighted by molar-refractivity contribution is 5.66. The maximum atomic E-state index is 10.7. The van der Waals surface area contributed by atoms with E-state index in [1.807, 2.05) is 31.2 Å². The molecule has 0 amide bonds. The van der Waals surface area contributed by atoms with E-state index in [0.29, 0.717) is 19.1 Å². The fraction of sp³-hybridized carbons (Fsp3) is 0.562. The summed E-state index contributed by atoms with van der Waals surface area (Å²) in [6.07, 6.45) is 0.178. The van der Waals surface area contributed by atoms with Crippen LogP contribution in [-0.2, 0) is 4.79 Å². The van der Waals surface area contributed by atoms with Crippen molar-refractivity contribution in [2.75, 3.05) is 26.2 Å². The number of carbonyl (C=O) groups is 1. The van der Waals surface area contributed by atoms with Crippen LogP contribution in [0.25, 0.3) is 0 Å². The van der Waals surface area contributed by atoms with Crippen LogP contribution in [0.1, 0.15) is 25.8 Å². The molecule has 0 saturated carbocycles. The number of benzene rings is 1. The lowest BCUT2D eigenvalue weighted by Crippen LogP contribution is -2.33. The van der Waals surface area contributed by atoms with E-state index in [1.54, 1.807) is 0 Å². The first kappa shape index (κ1) is 16.5. The van der Waals surface area contributed by atoms with Gasteiger partial charge in [0.25, 0.3) is 0 Å². The number of hydrogen-bond donors (Lipinski definition) is 1. The topological polar surface area (TPSA) is 49.8 Å². The Morgan fingerprint density at radius 1 is 1.25 bits per heavy atom. The molecule has 0 aliphatic heterocycles. The number of carboxylic acids is 1. The van der Waals surface area contributed by atoms with E-state index in [-0.39, 0.29) is 6.42 Å². The molecule has 0 aromatic heterocycles. The number of aryl methyl sites for hydroxylation is 1. The third-order valence-electron chi connectivity index (χ3n) is 2.96. The molecule has 1 N–H and O–H groups in total. The monoisotopic (exact) mass is 279 g/mol. The van der Waals surface area contributed by atoms with Crippen molar-refractivity contribution in [2.24, 2.45) is 5.92 Å². The van der Waals surface area contributed by atoms with Crippen LogP contribution in [-0.4, -0.2) is 42.2 Å². The molecule has 20 heavy (non-hydrogen) atoms. The maximum Gasteiger partial charge on any atom is 0.304 e. The predicted molar refractivity (Wildman–Crippen MR) is 80.2 cm³/mol. The van der Waals surface area contributed by atoms with Crippen LogP contribution in [0, 0.1) is 12.8 Å². The van der Waals surface area contributed by atoms with Crippen LogP contribution < -0.4 is 4.74 Å². The summed E-state index contributed by atoms with van der Waals surface area (Å²) in [7, 11) is 0. The van der Waals surface area contributed by atoms with Crippen LogP contribution in [0.15, 0.2) is 24.3 Å². The summed E-state index contributed by atoms with van der Waals surface area (Å²) in [4.78, 5) is 12.8. The molecule has 0 aliphatic rings. The van der Waals surface area contributed by atoms with E-state index in [2.05, 4.69) is 18.7 Å². The summed E-state index contributed by atoms with van der Waals surface area (Å²) >= 11 is 0. The van der Waals surface area contributed by atoms with Gasteiger partial charge in [-0.2, -0.15) is 0 Å². The van der Waals surface area contributed by atoms with Gasteiger partial charge in [0.2, 0.25) is 0 Å². The number of nitrogens with zero attached hydrogens (tertiary/aromatic N) is 1. The molecule has 0 heterocycles. The zero-order valence-corrected chi connectivity index (χ0v) is 12.6. The SMILES string of the molecule is Cc1ccc(OCCN(CCC(=O)O)CC(C)C)cc1. The van der Waals surface area contributed by atoms with Gasteiger partial charge in [-0.15, -0.1) is 0 Å². The van der Waals surface area contributed by atoms with Crippen molar-refractivity contribution < 1.29 is 14.6 Å². The van der Waals surface area contributed by atoms with Gasteiger partial charge in [-0.3, -0.25) is 9.69 Å². The molecule has 0 atom stereocenters. The van der Waals surface area contributed by atoms with E-state index in [9.17, 15) is 4.79 Å². The quantitative estimate of drug-likeness (QED) is 0.755. The fourth-order valence-electron chi connectivity index (χ4n) is 1.99. The number of hydrogen-bond acceptors (Lipinski definition) is 3. The maximum absolute atomic E-state index is 10.7. The van der Waals surface area contributed by atoms with E-state index >= 15 is 0 Å². The Hall–Kier alpha value is -1.55. The minimum absolute atomic E-state index is 0.178. The van der Waals surface area contributed by atoms with Gasteiger partial charge in [0.15, 0.2) is 0 Å². The molecule has 0 unspecified atom stereocenters. The number of ether oxygens (including phenoxy) is 1. The van der Waals surface area contributed by atoms with Gasteiger partial charge in [-0.05, 0) is 25.0 Å². The Labute approximate surface area is 121 Å².